The fourth-order valence-electron chi connectivity index (χ4n) is 3.77. The molecule has 0 saturated carbocycles. The zero-order valence-electron chi connectivity index (χ0n) is 17.1. The van der Waals surface area contributed by atoms with Crippen molar-refractivity contribution in [2.75, 3.05) is 14.2 Å². The maximum atomic E-state index is 13.4. The molecule has 0 atom stereocenters. The first-order valence-corrected chi connectivity index (χ1v) is 9.33. The number of halogens is 1. The van der Waals surface area contributed by atoms with Crippen molar-refractivity contribution in [3.8, 4) is 22.6 Å². The van der Waals surface area contributed by atoms with Crippen molar-refractivity contribution in [1.82, 2.24) is 4.57 Å². The lowest BCUT2D eigenvalue weighted by Crippen LogP contribution is -2.14. The van der Waals surface area contributed by atoms with E-state index in [-0.39, 0.29) is 5.82 Å². The number of methoxy groups -OCH3 is 2. The Hall–Kier alpha value is -3.28. The highest BCUT2D eigenvalue weighted by Gasteiger charge is 2.22. The highest BCUT2D eigenvalue weighted by molar-refractivity contribution is 6.02. The summed E-state index contributed by atoms with van der Waals surface area (Å²) in [5, 5.41) is 0. The lowest BCUT2D eigenvalue weighted by Gasteiger charge is -2.12. The molecule has 0 aliphatic carbocycles. The molecule has 5 nitrogen and oxygen atoms in total. The van der Waals surface area contributed by atoms with Crippen molar-refractivity contribution in [1.29, 1.82) is 0 Å². The Morgan fingerprint density at radius 1 is 1.00 bits per heavy atom. The van der Waals surface area contributed by atoms with E-state index in [9.17, 15) is 9.18 Å². The predicted octanol–water partition coefficient (Wildman–Crippen LogP) is 4.27. The van der Waals surface area contributed by atoms with Crippen molar-refractivity contribution in [2.45, 2.75) is 26.8 Å². The third kappa shape index (κ3) is 3.97. The third-order valence-electron chi connectivity index (χ3n) is 5.23. The fourth-order valence-corrected chi connectivity index (χ4v) is 3.77. The molecule has 1 aromatic heterocycles. The minimum atomic E-state index is -0.491. The molecule has 1 amide bonds. The maximum Gasteiger partial charge on any atom is 0.251 e. The van der Waals surface area contributed by atoms with E-state index in [1.54, 1.807) is 26.4 Å². The average molecular weight is 396 g/mol. The molecule has 3 aromatic rings. The second kappa shape index (κ2) is 8.39. The Balaban J connectivity index is 1.97. The Morgan fingerprint density at radius 3 is 2.24 bits per heavy atom. The van der Waals surface area contributed by atoms with E-state index in [0.29, 0.717) is 23.6 Å². The van der Waals surface area contributed by atoms with Crippen molar-refractivity contribution >= 4 is 5.91 Å². The molecule has 0 radical (unpaired) electrons. The van der Waals surface area contributed by atoms with Gasteiger partial charge in [0.05, 0.1) is 19.8 Å². The van der Waals surface area contributed by atoms with Gasteiger partial charge in [-0.2, -0.15) is 0 Å². The van der Waals surface area contributed by atoms with Gasteiger partial charge in [0.1, 0.15) is 5.82 Å². The van der Waals surface area contributed by atoms with Crippen LogP contribution in [0.1, 0.15) is 27.3 Å². The van der Waals surface area contributed by atoms with Gasteiger partial charge in [-0.1, -0.05) is 18.2 Å². The summed E-state index contributed by atoms with van der Waals surface area (Å²) < 4.78 is 26.1. The molecular formula is C23H25FN2O3. The minimum absolute atomic E-state index is 0.323. The first kappa shape index (κ1) is 20.5. The van der Waals surface area contributed by atoms with Gasteiger partial charge in [0.25, 0.3) is 5.91 Å². The standard InChI is InChI=1S/C23H25FN2O3/c1-14-21(17-6-8-18(24)9-7-17)22(23(25)27)15(2)26(14)12-11-16-5-10-19(28-3)20(13-16)29-4/h5-10,13H,11-12H2,1-4H3,(H2,25,27). The average Bonchev–Trinajstić information content (AvgIpc) is 2.96. The summed E-state index contributed by atoms with van der Waals surface area (Å²) in [4.78, 5) is 12.2. The van der Waals surface area contributed by atoms with Gasteiger partial charge in [0.15, 0.2) is 11.5 Å². The number of aromatic nitrogens is 1. The maximum absolute atomic E-state index is 13.4. The summed E-state index contributed by atoms with van der Waals surface area (Å²) in [6, 6.07) is 11.9. The Kier molecular flexibility index (Phi) is 5.92. The van der Waals surface area contributed by atoms with E-state index in [1.165, 1.54) is 12.1 Å². The summed E-state index contributed by atoms with van der Waals surface area (Å²) in [6.07, 6.45) is 0.734. The smallest absolute Gasteiger partial charge is 0.251 e. The second-order valence-corrected chi connectivity index (χ2v) is 6.88. The molecule has 152 valence electrons. The van der Waals surface area contributed by atoms with E-state index in [0.717, 1.165) is 34.5 Å². The zero-order valence-corrected chi connectivity index (χ0v) is 17.1. The van der Waals surface area contributed by atoms with Gasteiger partial charge in [0.2, 0.25) is 0 Å². The normalized spacial score (nSPS) is 10.8. The van der Waals surface area contributed by atoms with Gasteiger partial charge in [-0.3, -0.25) is 4.79 Å². The van der Waals surface area contributed by atoms with E-state index >= 15 is 0 Å². The summed E-state index contributed by atoms with van der Waals surface area (Å²) >= 11 is 0. The molecule has 0 aliphatic heterocycles. The lowest BCUT2D eigenvalue weighted by atomic mass is 10.00. The van der Waals surface area contributed by atoms with E-state index in [2.05, 4.69) is 4.57 Å². The molecule has 2 N–H and O–H groups in total. The van der Waals surface area contributed by atoms with Crippen LogP contribution in [-0.4, -0.2) is 24.7 Å². The zero-order chi connectivity index (χ0) is 21.1. The highest BCUT2D eigenvalue weighted by Crippen LogP contribution is 2.33. The molecule has 0 aliphatic rings. The Morgan fingerprint density at radius 2 is 1.66 bits per heavy atom. The van der Waals surface area contributed by atoms with Crippen molar-refractivity contribution in [2.24, 2.45) is 5.73 Å². The van der Waals surface area contributed by atoms with E-state index in [4.69, 9.17) is 15.2 Å². The first-order chi connectivity index (χ1) is 13.9. The second-order valence-electron chi connectivity index (χ2n) is 6.88. The van der Waals surface area contributed by atoms with Gasteiger partial charge in [-0.25, -0.2) is 4.39 Å². The van der Waals surface area contributed by atoms with Crippen LogP contribution in [-0.2, 0) is 13.0 Å². The van der Waals surface area contributed by atoms with Crippen LogP contribution in [0, 0.1) is 19.7 Å². The number of hydrogen-bond acceptors (Lipinski definition) is 3. The van der Waals surface area contributed by atoms with Crippen LogP contribution in [0.15, 0.2) is 42.5 Å². The molecule has 0 fully saturated rings. The first-order valence-electron chi connectivity index (χ1n) is 9.33. The summed E-state index contributed by atoms with van der Waals surface area (Å²) in [7, 11) is 3.21. The number of nitrogens with zero attached hydrogens (tertiary/aromatic N) is 1. The van der Waals surface area contributed by atoms with Crippen LogP contribution in [0.4, 0.5) is 4.39 Å². The summed E-state index contributed by atoms with van der Waals surface area (Å²) in [6.45, 7) is 4.50. The van der Waals surface area contributed by atoms with E-state index in [1.807, 2.05) is 32.0 Å². The van der Waals surface area contributed by atoms with Crippen LogP contribution in [0.3, 0.4) is 0 Å². The SMILES string of the molecule is COc1ccc(CCn2c(C)c(C(N)=O)c(-c3ccc(F)cc3)c2C)cc1OC. The number of ether oxygens (including phenoxy) is 2. The number of primary amides is 1. The minimum Gasteiger partial charge on any atom is -0.493 e. The number of aryl methyl sites for hydroxylation is 1. The number of hydrogen-bond donors (Lipinski definition) is 1. The number of amides is 1. The quantitative estimate of drug-likeness (QED) is 0.649. The molecule has 0 spiro atoms. The van der Waals surface area contributed by atoms with Crippen LogP contribution in [0.25, 0.3) is 11.1 Å². The monoisotopic (exact) mass is 396 g/mol. The van der Waals surface area contributed by atoms with Crippen molar-refractivity contribution in [3.05, 3.63) is 70.8 Å². The molecule has 2 aromatic carbocycles. The largest absolute Gasteiger partial charge is 0.493 e. The molecule has 3 rings (SSSR count). The molecule has 1 heterocycles. The molecule has 0 unspecified atom stereocenters. The number of carbonyl (C=O) groups excluding carboxylic acids is 1. The molecule has 0 bridgehead atoms. The van der Waals surface area contributed by atoms with Crippen molar-refractivity contribution < 1.29 is 18.7 Å². The van der Waals surface area contributed by atoms with Crippen LogP contribution >= 0.6 is 0 Å². The number of carbonyl (C=O) groups is 1. The van der Waals surface area contributed by atoms with Crippen LogP contribution in [0.5, 0.6) is 11.5 Å². The van der Waals surface area contributed by atoms with Gasteiger partial charge < -0.3 is 19.8 Å². The Labute approximate surface area is 169 Å². The van der Waals surface area contributed by atoms with Gasteiger partial charge in [-0.15, -0.1) is 0 Å². The number of benzene rings is 2. The topological polar surface area (TPSA) is 66.5 Å². The molecule has 0 saturated heterocycles. The number of nitrogens with two attached hydrogens (primary N) is 1. The van der Waals surface area contributed by atoms with Gasteiger partial charge in [0, 0.05) is 23.5 Å². The molecule has 29 heavy (non-hydrogen) atoms. The fraction of sp³-hybridized carbons (Fsp3) is 0.261. The third-order valence-corrected chi connectivity index (χ3v) is 5.23. The summed E-state index contributed by atoms with van der Waals surface area (Å²) in [5.74, 6) is 0.543. The summed E-state index contributed by atoms with van der Waals surface area (Å²) in [5.41, 5.74) is 10.5. The Bertz CT molecular complexity index is 1040. The van der Waals surface area contributed by atoms with Crippen LogP contribution in [0.2, 0.25) is 0 Å². The molecular weight excluding hydrogens is 371 g/mol. The lowest BCUT2D eigenvalue weighted by molar-refractivity contribution is 0.1000. The molecule has 6 heteroatoms. The van der Waals surface area contributed by atoms with E-state index < -0.39 is 5.91 Å². The van der Waals surface area contributed by atoms with Gasteiger partial charge in [-0.05, 0) is 55.7 Å². The highest BCUT2D eigenvalue weighted by atomic mass is 19.1. The predicted molar refractivity (Wildman–Crippen MR) is 111 cm³/mol. The number of rotatable bonds is 7. The van der Waals surface area contributed by atoms with Crippen molar-refractivity contribution in [3.63, 3.8) is 0 Å². The van der Waals surface area contributed by atoms with Gasteiger partial charge >= 0.3 is 0 Å². The van der Waals surface area contributed by atoms with Crippen LogP contribution < -0.4 is 15.2 Å².